The topological polar surface area (TPSA) is 91.0 Å². The number of benzene rings is 2. The SMILES string of the molecule is O=C1COc2c(cccc2N2CCN(CCCCNS(=O)(=O)c3cccc(C(F)(F)F)c3)CC2)N1. The van der Waals surface area contributed by atoms with Crippen molar-refractivity contribution in [2.75, 3.05) is 56.1 Å². The van der Waals surface area contributed by atoms with Crippen LogP contribution in [-0.2, 0) is 21.0 Å². The van der Waals surface area contributed by atoms with Crippen molar-refractivity contribution in [3.05, 3.63) is 48.0 Å². The zero-order chi connectivity index (χ0) is 25.1. The number of carbonyl (C=O) groups is 1. The van der Waals surface area contributed by atoms with E-state index in [-0.39, 0.29) is 19.1 Å². The molecular formula is C23H27F3N4O4S. The summed E-state index contributed by atoms with van der Waals surface area (Å²) in [5.41, 5.74) is 0.631. The molecule has 0 radical (unpaired) electrons. The van der Waals surface area contributed by atoms with Gasteiger partial charge in [-0.05, 0) is 49.7 Å². The second-order valence-electron chi connectivity index (χ2n) is 8.45. The number of fused-ring (bicyclic) bond motifs is 1. The van der Waals surface area contributed by atoms with Gasteiger partial charge in [0.2, 0.25) is 10.0 Å². The minimum absolute atomic E-state index is 0.00149. The van der Waals surface area contributed by atoms with Gasteiger partial charge in [-0.25, -0.2) is 13.1 Å². The highest BCUT2D eigenvalue weighted by Crippen LogP contribution is 2.38. The molecule has 0 aromatic heterocycles. The Labute approximate surface area is 202 Å². The number of hydrogen-bond acceptors (Lipinski definition) is 6. The van der Waals surface area contributed by atoms with E-state index in [1.807, 2.05) is 18.2 Å². The summed E-state index contributed by atoms with van der Waals surface area (Å²) in [7, 11) is -4.01. The lowest BCUT2D eigenvalue weighted by molar-refractivity contribution is -0.137. The van der Waals surface area contributed by atoms with Crippen molar-refractivity contribution in [3.8, 4) is 5.75 Å². The number of ether oxygens (including phenoxy) is 1. The van der Waals surface area contributed by atoms with E-state index in [4.69, 9.17) is 4.74 Å². The molecule has 12 heteroatoms. The Morgan fingerprint density at radius 2 is 1.77 bits per heavy atom. The lowest BCUT2D eigenvalue weighted by atomic mass is 10.2. The largest absolute Gasteiger partial charge is 0.479 e. The Bertz CT molecular complexity index is 1170. The number of nitrogens with one attached hydrogen (secondary N) is 2. The van der Waals surface area contributed by atoms with Crippen molar-refractivity contribution in [3.63, 3.8) is 0 Å². The fourth-order valence-electron chi connectivity index (χ4n) is 4.15. The summed E-state index contributed by atoms with van der Waals surface area (Å²) in [5, 5.41) is 2.82. The Balaban J connectivity index is 1.20. The first kappa shape index (κ1) is 25.3. The normalized spacial score (nSPS) is 17.0. The number of rotatable bonds is 8. The van der Waals surface area contributed by atoms with Crippen LogP contribution in [0.1, 0.15) is 18.4 Å². The number of anilines is 2. The molecule has 0 bridgehead atoms. The quantitative estimate of drug-likeness (QED) is 0.529. The van der Waals surface area contributed by atoms with Gasteiger partial charge in [0.05, 0.1) is 21.8 Å². The first-order chi connectivity index (χ1) is 16.6. The second kappa shape index (κ2) is 10.4. The number of hydrogen-bond donors (Lipinski definition) is 2. The summed E-state index contributed by atoms with van der Waals surface area (Å²) >= 11 is 0. The number of para-hydroxylation sites is 1. The summed E-state index contributed by atoms with van der Waals surface area (Å²) < 4.78 is 71.3. The highest BCUT2D eigenvalue weighted by atomic mass is 32.2. The third-order valence-electron chi connectivity index (χ3n) is 5.99. The molecule has 2 aliphatic rings. The highest BCUT2D eigenvalue weighted by molar-refractivity contribution is 7.89. The van der Waals surface area contributed by atoms with E-state index in [0.717, 1.165) is 63.0 Å². The molecule has 1 amide bonds. The average Bonchev–Trinajstić information content (AvgIpc) is 2.83. The van der Waals surface area contributed by atoms with Gasteiger partial charge in [-0.2, -0.15) is 13.2 Å². The minimum atomic E-state index is -4.60. The number of halogens is 3. The average molecular weight is 513 g/mol. The lowest BCUT2D eigenvalue weighted by Crippen LogP contribution is -2.47. The Hall–Kier alpha value is -2.83. The molecule has 0 saturated carbocycles. The first-order valence-corrected chi connectivity index (χ1v) is 12.8. The number of amides is 1. The van der Waals surface area contributed by atoms with Crippen LogP contribution in [0.3, 0.4) is 0 Å². The molecule has 2 aromatic carbocycles. The molecule has 1 fully saturated rings. The molecule has 2 N–H and O–H groups in total. The summed E-state index contributed by atoms with van der Waals surface area (Å²) in [6.07, 6.45) is -3.28. The summed E-state index contributed by atoms with van der Waals surface area (Å²) in [4.78, 5) is 15.7. The van der Waals surface area contributed by atoms with E-state index in [2.05, 4.69) is 19.8 Å². The van der Waals surface area contributed by atoms with Gasteiger partial charge in [-0.1, -0.05) is 12.1 Å². The molecule has 0 spiro atoms. The summed E-state index contributed by atoms with van der Waals surface area (Å²) in [6, 6.07) is 9.40. The van der Waals surface area contributed by atoms with E-state index >= 15 is 0 Å². The number of sulfonamides is 1. The number of piperazine rings is 1. The van der Waals surface area contributed by atoms with Crippen molar-refractivity contribution in [1.82, 2.24) is 9.62 Å². The van der Waals surface area contributed by atoms with Gasteiger partial charge >= 0.3 is 6.18 Å². The third kappa shape index (κ3) is 6.24. The molecule has 190 valence electrons. The van der Waals surface area contributed by atoms with Gasteiger partial charge in [-0.3, -0.25) is 9.69 Å². The number of carbonyl (C=O) groups excluding carboxylic acids is 1. The van der Waals surface area contributed by atoms with Gasteiger partial charge in [0.25, 0.3) is 5.91 Å². The molecular weight excluding hydrogens is 485 g/mol. The molecule has 35 heavy (non-hydrogen) atoms. The van der Waals surface area contributed by atoms with Crippen LogP contribution in [0.2, 0.25) is 0 Å². The van der Waals surface area contributed by atoms with Crippen LogP contribution in [0.4, 0.5) is 24.5 Å². The predicted molar refractivity (Wildman–Crippen MR) is 125 cm³/mol. The fraction of sp³-hybridized carbons (Fsp3) is 0.435. The fourth-order valence-corrected chi connectivity index (χ4v) is 5.27. The van der Waals surface area contributed by atoms with Gasteiger partial charge in [0.1, 0.15) is 0 Å². The Kier molecular flexibility index (Phi) is 7.53. The standard InChI is InChI=1S/C23H27F3N4O4S/c24-23(25,26)17-5-3-6-18(15-17)35(32,33)27-9-1-2-10-29-11-13-30(14-12-29)20-8-4-7-19-22(20)34-16-21(31)28-19/h3-8,15,27H,1-2,9-14,16H2,(H,28,31). The van der Waals surface area contributed by atoms with Crippen molar-refractivity contribution >= 4 is 27.3 Å². The van der Waals surface area contributed by atoms with E-state index in [1.54, 1.807) is 0 Å². The molecule has 0 aliphatic carbocycles. The zero-order valence-electron chi connectivity index (χ0n) is 19.0. The maximum absolute atomic E-state index is 12.9. The van der Waals surface area contributed by atoms with Crippen molar-refractivity contribution < 1.29 is 31.1 Å². The van der Waals surface area contributed by atoms with Crippen LogP contribution in [0.5, 0.6) is 5.75 Å². The molecule has 0 unspecified atom stereocenters. The molecule has 2 aliphatic heterocycles. The number of alkyl halides is 3. The predicted octanol–water partition coefficient (Wildman–Crippen LogP) is 2.92. The molecule has 2 aromatic rings. The van der Waals surface area contributed by atoms with Crippen LogP contribution >= 0.6 is 0 Å². The third-order valence-corrected chi connectivity index (χ3v) is 7.45. The van der Waals surface area contributed by atoms with Gasteiger partial charge < -0.3 is 15.0 Å². The van der Waals surface area contributed by atoms with Gasteiger partial charge in [0, 0.05) is 32.7 Å². The molecule has 8 nitrogen and oxygen atoms in total. The minimum Gasteiger partial charge on any atom is -0.479 e. The summed E-state index contributed by atoms with van der Waals surface area (Å²) in [5.74, 6) is 0.519. The van der Waals surface area contributed by atoms with Crippen LogP contribution in [-0.4, -0.2) is 65.1 Å². The van der Waals surface area contributed by atoms with Gasteiger partial charge in [0.15, 0.2) is 12.4 Å². The van der Waals surface area contributed by atoms with E-state index in [1.165, 1.54) is 0 Å². The number of unbranched alkanes of at least 4 members (excludes halogenated alkanes) is 1. The van der Waals surface area contributed by atoms with E-state index in [0.29, 0.717) is 23.9 Å². The Morgan fingerprint density at radius 1 is 1.03 bits per heavy atom. The highest BCUT2D eigenvalue weighted by Gasteiger charge is 2.31. The maximum atomic E-state index is 12.9. The van der Waals surface area contributed by atoms with Gasteiger partial charge in [-0.15, -0.1) is 0 Å². The van der Waals surface area contributed by atoms with Crippen LogP contribution in [0, 0.1) is 0 Å². The van der Waals surface area contributed by atoms with E-state index in [9.17, 15) is 26.4 Å². The zero-order valence-corrected chi connectivity index (χ0v) is 19.8. The molecule has 1 saturated heterocycles. The smallest absolute Gasteiger partial charge is 0.416 e. The lowest BCUT2D eigenvalue weighted by Gasteiger charge is -2.37. The molecule has 4 rings (SSSR count). The molecule has 2 heterocycles. The monoisotopic (exact) mass is 512 g/mol. The first-order valence-electron chi connectivity index (χ1n) is 11.3. The Morgan fingerprint density at radius 3 is 2.51 bits per heavy atom. The van der Waals surface area contributed by atoms with Crippen LogP contribution < -0.4 is 19.7 Å². The maximum Gasteiger partial charge on any atom is 0.416 e. The van der Waals surface area contributed by atoms with Crippen molar-refractivity contribution in [1.29, 1.82) is 0 Å². The summed E-state index contributed by atoms with van der Waals surface area (Å²) in [6.45, 7) is 4.17. The van der Waals surface area contributed by atoms with Crippen LogP contribution in [0.25, 0.3) is 0 Å². The van der Waals surface area contributed by atoms with E-state index < -0.39 is 26.7 Å². The van der Waals surface area contributed by atoms with Crippen molar-refractivity contribution in [2.45, 2.75) is 23.9 Å². The number of nitrogens with zero attached hydrogens (tertiary/aromatic N) is 2. The van der Waals surface area contributed by atoms with Crippen LogP contribution in [0.15, 0.2) is 47.4 Å². The van der Waals surface area contributed by atoms with Crippen molar-refractivity contribution in [2.24, 2.45) is 0 Å². The second-order valence-corrected chi connectivity index (χ2v) is 10.2. The molecule has 0 atom stereocenters.